The van der Waals surface area contributed by atoms with Gasteiger partial charge in [0.1, 0.15) is 23.9 Å². The number of rotatable bonds is 6. The van der Waals surface area contributed by atoms with Gasteiger partial charge in [-0.05, 0) is 72.4 Å². The van der Waals surface area contributed by atoms with E-state index in [1.165, 1.54) is 18.2 Å². The van der Waals surface area contributed by atoms with Gasteiger partial charge in [-0.1, -0.05) is 23.7 Å². The molecule has 3 aromatic rings. The van der Waals surface area contributed by atoms with Crippen molar-refractivity contribution in [1.29, 1.82) is 0 Å². The third-order valence-corrected chi connectivity index (χ3v) is 5.24. The molecule has 0 saturated carbocycles. The number of hydrogen-bond acceptors (Lipinski definition) is 5. The topological polar surface area (TPSA) is 75.1 Å². The van der Waals surface area contributed by atoms with Gasteiger partial charge in [-0.3, -0.25) is 0 Å². The maximum Gasteiger partial charge on any atom is 1.00 e. The van der Waals surface area contributed by atoms with Gasteiger partial charge in [-0.15, -0.1) is 5.10 Å². The van der Waals surface area contributed by atoms with Crippen molar-refractivity contribution < 1.29 is 48.6 Å². The van der Waals surface area contributed by atoms with E-state index in [2.05, 4.69) is 10.2 Å². The van der Waals surface area contributed by atoms with Crippen LogP contribution in [0.15, 0.2) is 54.7 Å². The van der Waals surface area contributed by atoms with Gasteiger partial charge in [0.05, 0.1) is 12.2 Å². The quantitative estimate of drug-likeness (QED) is 0.534. The molecule has 0 spiro atoms. The number of halogens is 2. The van der Waals surface area contributed by atoms with Crippen molar-refractivity contribution in [2.24, 2.45) is 0 Å². The molecule has 0 radical (unpaired) electrons. The van der Waals surface area contributed by atoms with Gasteiger partial charge in [0.25, 0.3) is 0 Å². The van der Waals surface area contributed by atoms with Crippen molar-refractivity contribution >= 4 is 28.7 Å². The molecule has 1 aliphatic rings. The summed E-state index contributed by atoms with van der Waals surface area (Å²) in [6.45, 7) is 0.281. The number of nitrogens with zero attached hydrogens (tertiary/aromatic N) is 2. The van der Waals surface area contributed by atoms with Gasteiger partial charge in [0, 0.05) is 16.1 Å². The Morgan fingerprint density at radius 1 is 1.10 bits per heavy atom. The maximum absolute atomic E-state index is 13.1. The first kappa shape index (κ1) is 23.4. The van der Waals surface area contributed by atoms with E-state index in [-0.39, 0.29) is 47.7 Å². The van der Waals surface area contributed by atoms with Crippen LogP contribution in [0.1, 0.15) is 46.4 Å². The standard InChI is InChI=1S/C23H18ClFN2O3.Na/c24-16-6-9-22(30-13-14-4-7-17(25)8-5-14)20(11-16)19-3-1-2-18(19)15-10-21(23(28)29)27-26-12-15;/h4-12H,1-3,13H2,(H,28,29);/q;+1/p-1. The van der Waals surface area contributed by atoms with E-state index in [1.54, 1.807) is 24.4 Å². The van der Waals surface area contributed by atoms with Gasteiger partial charge in [0.15, 0.2) is 0 Å². The molecule has 1 aliphatic carbocycles. The number of aromatic carboxylic acids is 1. The van der Waals surface area contributed by atoms with E-state index in [9.17, 15) is 14.3 Å². The number of hydrogen-bond donors (Lipinski definition) is 0. The van der Waals surface area contributed by atoms with Crippen LogP contribution in [0, 0.1) is 5.82 Å². The number of aromatic nitrogens is 2. The Balaban J connectivity index is 0.00000272. The van der Waals surface area contributed by atoms with Crippen LogP contribution < -0.4 is 39.4 Å². The first-order valence-electron chi connectivity index (χ1n) is 9.45. The van der Waals surface area contributed by atoms with Gasteiger partial charge in [0.2, 0.25) is 0 Å². The molecule has 1 aromatic heterocycles. The Morgan fingerprint density at radius 3 is 2.58 bits per heavy atom. The largest absolute Gasteiger partial charge is 1.00 e. The van der Waals surface area contributed by atoms with Crippen molar-refractivity contribution in [1.82, 2.24) is 10.2 Å². The third kappa shape index (κ3) is 5.52. The summed E-state index contributed by atoms with van der Waals surface area (Å²) in [7, 11) is 0. The summed E-state index contributed by atoms with van der Waals surface area (Å²) >= 11 is 6.26. The van der Waals surface area contributed by atoms with Crippen molar-refractivity contribution in [2.45, 2.75) is 25.9 Å². The molecule has 1 heterocycles. The fourth-order valence-electron chi connectivity index (χ4n) is 3.60. The van der Waals surface area contributed by atoms with Gasteiger partial charge >= 0.3 is 29.6 Å². The van der Waals surface area contributed by atoms with Gasteiger partial charge < -0.3 is 14.6 Å². The van der Waals surface area contributed by atoms with E-state index in [1.807, 2.05) is 12.1 Å². The minimum atomic E-state index is -1.37. The maximum atomic E-state index is 13.1. The summed E-state index contributed by atoms with van der Waals surface area (Å²) in [5, 5.41) is 19.1. The first-order valence-corrected chi connectivity index (χ1v) is 9.82. The number of carbonyl (C=O) groups is 1. The van der Waals surface area contributed by atoms with Crippen LogP contribution in [0.25, 0.3) is 11.1 Å². The SMILES string of the molecule is O=C([O-])c1cc(C2=C(c3cc(Cl)ccc3OCc3ccc(F)cc3)CCC2)cnn1.[Na+]. The molecule has 0 amide bonds. The Morgan fingerprint density at radius 2 is 1.84 bits per heavy atom. The summed E-state index contributed by atoms with van der Waals surface area (Å²) in [5.74, 6) is -1.01. The Hall–Kier alpha value is -2.25. The normalized spacial score (nSPS) is 13.1. The third-order valence-electron chi connectivity index (χ3n) is 5.00. The minimum Gasteiger partial charge on any atom is -0.543 e. The molecule has 0 saturated heterocycles. The molecule has 0 atom stereocenters. The second kappa shape index (κ2) is 10.4. The smallest absolute Gasteiger partial charge is 0.543 e. The average molecular weight is 447 g/mol. The molecular weight excluding hydrogens is 430 g/mol. The van der Waals surface area contributed by atoms with E-state index >= 15 is 0 Å². The molecule has 0 N–H and O–H groups in total. The Kier molecular flexibility index (Phi) is 7.84. The van der Waals surface area contributed by atoms with Crippen LogP contribution >= 0.6 is 11.6 Å². The number of ether oxygens (including phenoxy) is 1. The Bertz CT molecular complexity index is 1140. The van der Waals surface area contributed by atoms with Crippen LogP contribution in [-0.4, -0.2) is 16.2 Å². The zero-order valence-electron chi connectivity index (χ0n) is 16.9. The van der Waals surface area contributed by atoms with E-state index in [0.717, 1.165) is 41.5 Å². The molecule has 0 bridgehead atoms. The minimum absolute atomic E-state index is 0. The molecule has 152 valence electrons. The van der Waals surface area contributed by atoms with Crippen LogP contribution in [0.5, 0.6) is 5.75 Å². The molecule has 0 fully saturated rings. The molecule has 8 heteroatoms. The fourth-order valence-corrected chi connectivity index (χ4v) is 3.77. The van der Waals surface area contributed by atoms with Crippen LogP contribution in [-0.2, 0) is 6.61 Å². The second-order valence-electron chi connectivity index (χ2n) is 6.98. The first-order chi connectivity index (χ1) is 14.5. The van der Waals surface area contributed by atoms with E-state index < -0.39 is 5.97 Å². The molecule has 31 heavy (non-hydrogen) atoms. The number of allylic oxidation sites excluding steroid dienone is 2. The van der Waals surface area contributed by atoms with Crippen molar-refractivity contribution in [3.05, 3.63) is 88.0 Å². The van der Waals surface area contributed by atoms with Gasteiger partial charge in [-0.2, -0.15) is 5.10 Å². The van der Waals surface area contributed by atoms with E-state index in [4.69, 9.17) is 16.3 Å². The van der Waals surface area contributed by atoms with Crippen LogP contribution in [0.2, 0.25) is 5.02 Å². The summed E-state index contributed by atoms with van der Waals surface area (Å²) in [6.07, 6.45) is 4.04. The Labute approximate surface area is 206 Å². The molecular formula is C23H17ClFN2NaO3. The molecule has 4 rings (SSSR count). The summed E-state index contributed by atoms with van der Waals surface area (Å²) < 4.78 is 19.2. The van der Waals surface area contributed by atoms with Crippen LogP contribution in [0.4, 0.5) is 4.39 Å². The number of carbonyl (C=O) groups excluding carboxylic acids is 1. The molecule has 0 unspecified atom stereocenters. The zero-order chi connectivity index (χ0) is 21.1. The summed E-state index contributed by atoms with van der Waals surface area (Å²) in [6, 6.07) is 13.0. The molecule has 0 aliphatic heterocycles. The second-order valence-corrected chi connectivity index (χ2v) is 7.42. The number of benzene rings is 2. The van der Waals surface area contributed by atoms with E-state index in [0.29, 0.717) is 16.3 Å². The number of carboxylic acids is 1. The predicted molar refractivity (Wildman–Crippen MR) is 109 cm³/mol. The number of carboxylic acid groups (broad SMARTS) is 1. The van der Waals surface area contributed by atoms with Crippen molar-refractivity contribution in [2.75, 3.05) is 0 Å². The van der Waals surface area contributed by atoms with Crippen molar-refractivity contribution in [3.63, 3.8) is 0 Å². The fraction of sp³-hybridized carbons (Fsp3) is 0.174. The van der Waals surface area contributed by atoms with Gasteiger partial charge in [-0.25, -0.2) is 4.39 Å². The van der Waals surface area contributed by atoms with Crippen LogP contribution in [0.3, 0.4) is 0 Å². The zero-order valence-corrected chi connectivity index (χ0v) is 19.7. The summed E-state index contributed by atoms with van der Waals surface area (Å²) in [4.78, 5) is 11.2. The predicted octanol–water partition coefficient (Wildman–Crippen LogP) is 1.31. The average Bonchev–Trinajstić information content (AvgIpc) is 3.24. The molecule has 5 nitrogen and oxygen atoms in total. The van der Waals surface area contributed by atoms with Crippen molar-refractivity contribution in [3.8, 4) is 5.75 Å². The molecule has 2 aromatic carbocycles. The summed E-state index contributed by atoms with van der Waals surface area (Å²) in [5.41, 5.74) is 4.20. The monoisotopic (exact) mass is 446 g/mol.